The number of thioether (sulfide) groups is 1. The maximum Gasteiger partial charge on any atom is 0.305 e. The van der Waals surface area contributed by atoms with Crippen LogP contribution in [0.5, 0.6) is 5.75 Å². The van der Waals surface area contributed by atoms with E-state index in [2.05, 4.69) is 35.3 Å². The quantitative estimate of drug-likeness (QED) is 0.404. The summed E-state index contributed by atoms with van der Waals surface area (Å²) < 4.78 is 6.39. The minimum atomic E-state index is -1.03. The maximum absolute atomic E-state index is 13.5. The summed E-state index contributed by atoms with van der Waals surface area (Å²) in [6.45, 7) is 2.37. The Balaban J connectivity index is 1.25. The minimum Gasteiger partial charge on any atom is -0.489 e. The first-order valence-corrected chi connectivity index (χ1v) is 15.3. The van der Waals surface area contributed by atoms with Gasteiger partial charge in [-0.05, 0) is 42.7 Å². The molecule has 3 aromatic rings. The summed E-state index contributed by atoms with van der Waals surface area (Å²) in [6, 6.07) is 16.2. The number of carboxylic acid groups (broad SMARTS) is 1. The van der Waals surface area contributed by atoms with Gasteiger partial charge in [-0.15, -0.1) is 11.8 Å². The van der Waals surface area contributed by atoms with E-state index < -0.39 is 17.8 Å². The van der Waals surface area contributed by atoms with Gasteiger partial charge in [-0.2, -0.15) is 0 Å². The highest BCUT2D eigenvalue weighted by atomic mass is 32.2. The number of aryl methyl sites for hydroxylation is 1. The number of ether oxygens (including phenoxy) is 1. The molecule has 3 heterocycles. The summed E-state index contributed by atoms with van der Waals surface area (Å²) in [5, 5.41) is 10.1. The summed E-state index contributed by atoms with van der Waals surface area (Å²) in [7, 11) is 0. The molecule has 10 heteroatoms. The zero-order valence-corrected chi connectivity index (χ0v) is 23.4. The van der Waals surface area contributed by atoms with E-state index in [1.165, 1.54) is 21.8 Å². The number of rotatable bonds is 7. The Morgan fingerprint density at radius 1 is 1.05 bits per heavy atom. The minimum absolute atomic E-state index is 0.00373. The molecule has 40 heavy (non-hydrogen) atoms. The first kappa shape index (κ1) is 25.6. The monoisotopic (exact) mass is 576 g/mol. The van der Waals surface area contributed by atoms with Crippen LogP contribution in [0.15, 0.2) is 58.4 Å². The second-order valence-electron chi connectivity index (χ2n) is 11.2. The number of para-hydroxylation sites is 1. The average molecular weight is 577 g/mol. The van der Waals surface area contributed by atoms with Crippen molar-refractivity contribution in [2.45, 2.75) is 42.6 Å². The van der Waals surface area contributed by atoms with Gasteiger partial charge in [0, 0.05) is 28.2 Å². The van der Waals surface area contributed by atoms with Crippen molar-refractivity contribution in [2.24, 2.45) is 29.6 Å². The van der Waals surface area contributed by atoms with Crippen LogP contribution in [-0.2, 0) is 21.0 Å². The van der Waals surface area contributed by atoms with E-state index in [4.69, 9.17) is 9.84 Å². The number of carbonyl (C=O) groups is 3. The van der Waals surface area contributed by atoms with Gasteiger partial charge in [-0.1, -0.05) is 59.4 Å². The number of hydrogen-bond donors (Lipinski definition) is 2. The van der Waals surface area contributed by atoms with Crippen molar-refractivity contribution in [1.82, 2.24) is 9.88 Å². The van der Waals surface area contributed by atoms with Gasteiger partial charge < -0.3 is 14.8 Å². The van der Waals surface area contributed by atoms with Crippen LogP contribution < -0.4 is 9.61 Å². The Bertz CT molecular complexity index is 1580. The fraction of sp³-hybridized carbons (Fsp3) is 0.400. The van der Waals surface area contributed by atoms with Crippen LogP contribution >= 0.6 is 23.1 Å². The molecule has 2 aliphatic carbocycles. The molecule has 7 atom stereocenters. The van der Waals surface area contributed by atoms with E-state index in [1.807, 2.05) is 25.1 Å². The third-order valence-electron chi connectivity index (χ3n) is 9.13. The van der Waals surface area contributed by atoms with E-state index in [9.17, 15) is 19.2 Å². The third-order valence-corrected chi connectivity index (χ3v) is 11.7. The van der Waals surface area contributed by atoms with Gasteiger partial charge in [-0.3, -0.25) is 24.1 Å². The van der Waals surface area contributed by atoms with Crippen molar-refractivity contribution in [2.75, 3.05) is 6.54 Å². The number of aromatic amines is 1. The molecule has 1 saturated heterocycles. The number of benzene rings is 2. The summed E-state index contributed by atoms with van der Waals surface area (Å²) in [5.74, 6) is -1.72. The number of carboxylic acids is 1. The van der Waals surface area contributed by atoms with Crippen molar-refractivity contribution in [3.05, 3.63) is 79.8 Å². The number of aromatic nitrogens is 1. The number of carbonyl (C=O) groups excluding carboxylic acids is 2. The topological polar surface area (TPSA) is 117 Å². The largest absolute Gasteiger partial charge is 0.489 e. The van der Waals surface area contributed by atoms with Crippen LogP contribution in [0.1, 0.15) is 40.3 Å². The smallest absolute Gasteiger partial charge is 0.305 e. The molecule has 7 rings (SSSR count). The number of H-pyrrole nitrogens is 1. The molecule has 0 spiro atoms. The van der Waals surface area contributed by atoms with Crippen molar-refractivity contribution in [3.63, 3.8) is 0 Å². The average Bonchev–Trinajstić information content (AvgIpc) is 3.66. The number of nitrogens with one attached hydrogen (secondary N) is 1. The molecule has 4 aliphatic rings. The predicted molar refractivity (Wildman–Crippen MR) is 149 cm³/mol. The van der Waals surface area contributed by atoms with Crippen LogP contribution in [-0.4, -0.2) is 44.6 Å². The van der Waals surface area contributed by atoms with Crippen molar-refractivity contribution in [1.29, 1.82) is 0 Å². The number of amides is 2. The van der Waals surface area contributed by atoms with Crippen molar-refractivity contribution < 1.29 is 24.2 Å². The fourth-order valence-electron chi connectivity index (χ4n) is 7.57. The zero-order valence-electron chi connectivity index (χ0n) is 21.7. The maximum atomic E-state index is 13.5. The first-order chi connectivity index (χ1) is 19.3. The third kappa shape index (κ3) is 3.95. The molecule has 2 N–H and O–H groups in total. The molecule has 6 unspecified atom stereocenters. The summed E-state index contributed by atoms with van der Waals surface area (Å²) >= 11 is 2.85. The van der Waals surface area contributed by atoms with Crippen LogP contribution in [0.2, 0.25) is 0 Å². The molecule has 206 valence electrons. The lowest BCUT2D eigenvalue weighted by Crippen LogP contribution is -2.42. The molecule has 8 nitrogen and oxygen atoms in total. The van der Waals surface area contributed by atoms with E-state index in [0.29, 0.717) is 6.61 Å². The molecule has 2 aliphatic heterocycles. The van der Waals surface area contributed by atoms with Gasteiger partial charge in [0.25, 0.3) is 0 Å². The Morgan fingerprint density at radius 3 is 2.52 bits per heavy atom. The Labute approximate surface area is 238 Å². The number of imide groups is 1. The number of likely N-dealkylation sites (tertiary alicyclic amines) is 1. The molecule has 2 amide bonds. The number of fused-ring (bicyclic) bond motifs is 9. The number of thiazole rings is 1. The summed E-state index contributed by atoms with van der Waals surface area (Å²) in [5.41, 5.74) is 3.23. The lowest BCUT2D eigenvalue weighted by molar-refractivity contribution is -0.142. The molecular formula is C30H28N2O6S2. The van der Waals surface area contributed by atoms with Gasteiger partial charge in [-0.25, -0.2) is 0 Å². The second kappa shape index (κ2) is 9.62. The first-order valence-electron chi connectivity index (χ1n) is 13.6. The Morgan fingerprint density at radius 2 is 1.77 bits per heavy atom. The van der Waals surface area contributed by atoms with Gasteiger partial charge in [0.1, 0.15) is 12.4 Å². The molecule has 2 bridgehead atoms. The van der Waals surface area contributed by atoms with E-state index in [0.717, 1.165) is 33.2 Å². The van der Waals surface area contributed by atoms with E-state index in [-0.39, 0.29) is 58.6 Å². The fourth-order valence-corrected chi connectivity index (χ4v) is 10.4. The van der Waals surface area contributed by atoms with Crippen LogP contribution in [0.3, 0.4) is 0 Å². The SMILES string of the molecule is Cc1ccc(COc2ccccc2[C@H]2c3sc(=O)[nH]c3SC3C4CC(C5C(=O)N(CCC(=O)O)C(=O)C45)C32)cc1. The lowest BCUT2D eigenvalue weighted by atomic mass is 9.68. The molecule has 2 saturated carbocycles. The normalized spacial score (nSPS) is 29.8. The van der Waals surface area contributed by atoms with Gasteiger partial charge in [0.15, 0.2) is 0 Å². The van der Waals surface area contributed by atoms with E-state index in [1.54, 1.807) is 11.8 Å². The second-order valence-corrected chi connectivity index (χ2v) is 13.4. The van der Waals surface area contributed by atoms with Crippen LogP contribution in [0.25, 0.3) is 0 Å². The highest BCUT2D eigenvalue weighted by Gasteiger charge is 2.69. The number of hydrogen-bond acceptors (Lipinski definition) is 7. The van der Waals surface area contributed by atoms with Crippen LogP contribution in [0, 0.1) is 36.5 Å². The van der Waals surface area contributed by atoms with Gasteiger partial charge in [0.05, 0.1) is 23.3 Å². The molecule has 2 aromatic carbocycles. The Hall–Kier alpha value is -3.37. The van der Waals surface area contributed by atoms with E-state index >= 15 is 0 Å². The standard InChI is InChI=1S/C30H28N2O6S2/c1-14-6-8-15(9-7-14)13-38-19-5-3-2-4-16(19)21-22-17-12-18(25(22)39-27-26(21)40-30(37)31-27)24-23(17)28(35)32(29(24)36)11-10-20(33)34/h2-9,17-18,21-25H,10-13H2,1H3,(H,31,37)(H,33,34)/t17?,18?,21-,22?,23?,24?,25?/m1/s1. The van der Waals surface area contributed by atoms with Gasteiger partial charge in [0.2, 0.25) is 11.8 Å². The lowest BCUT2D eigenvalue weighted by Gasteiger charge is -2.43. The van der Waals surface area contributed by atoms with Crippen molar-refractivity contribution >= 4 is 40.9 Å². The highest BCUT2D eigenvalue weighted by molar-refractivity contribution is 8.00. The highest BCUT2D eigenvalue weighted by Crippen LogP contribution is 2.69. The summed E-state index contributed by atoms with van der Waals surface area (Å²) in [6.07, 6.45) is 0.532. The molecule has 0 radical (unpaired) electrons. The summed E-state index contributed by atoms with van der Waals surface area (Å²) in [4.78, 5) is 55.8. The van der Waals surface area contributed by atoms with Crippen LogP contribution in [0.4, 0.5) is 0 Å². The number of nitrogens with zero attached hydrogens (tertiary/aromatic N) is 1. The van der Waals surface area contributed by atoms with Crippen molar-refractivity contribution in [3.8, 4) is 5.75 Å². The van der Waals surface area contributed by atoms with Gasteiger partial charge >= 0.3 is 10.8 Å². The predicted octanol–water partition coefficient (Wildman–Crippen LogP) is 4.27. The molecule has 1 aromatic heterocycles. The molecular weight excluding hydrogens is 548 g/mol. The number of aliphatic carboxylic acids is 1. The Kier molecular flexibility index (Phi) is 6.16. The zero-order chi connectivity index (χ0) is 27.7. The molecule has 3 fully saturated rings.